The molecule has 7 nitrogen and oxygen atoms in total. The third-order valence-corrected chi connectivity index (χ3v) is 5.07. The zero-order valence-electron chi connectivity index (χ0n) is 19.1. The Morgan fingerprint density at radius 1 is 1.03 bits per heavy atom. The molecule has 2 heterocycles. The summed E-state index contributed by atoms with van der Waals surface area (Å²) in [7, 11) is 0. The Hall–Kier alpha value is -4.00. The molecule has 0 atom stereocenters. The van der Waals surface area contributed by atoms with Crippen LogP contribution in [0.25, 0.3) is 5.69 Å². The van der Waals surface area contributed by atoms with E-state index >= 15 is 0 Å². The summed E-state index contributed by atoms with van der Waals surface area (Å²) in [6, 6.07) is 22.9. The predicted octanol–water partition coefficient (Wildman–Crippen LogP) is 5.69. The molecule has 2 aromatic carbocycles. The number of hydrogen-bond donors (Lipinski definition) is 1. The molecule has 33 heavy (non-hydrogen) atoms. The second-order valence-corrected chi connectivity index (χ2v) is 8.07. The Bertz CT molecular complexity index is 1170. The molecule has 0 aliphatic rings. The van der Waals surface area contributed by atoms with Crippen LogP contribution in [0.2, 0.25) is 0 Å². The Labute approximate surface area is 193 Å². The number of amides is 2. The number of hydrogen-bond acceptors (Lipinski definition) is 4. The molecule has 7 heteroatoms. The number of furan rings is 1. The van der Waals surface area contributed by atoms with Gasteiger partial charge in [-0.25, -0.2) is 9.48 Å². The number of ether oxygens (including phenoxy) is 1. The number of carbonyl (C=O) groups is 1. The maximum absolute atomic E-state index is 13.0. The van der Waals surface area contributed by atoms with Crippen LogP contribution in [-0.4, -0.2) is 26.8 Å². The average Bonchev–Trinajstić information content (AvgIpc) is 3.43. The molecule has 4 aromatic rings. The Balaban J connectivity index is 1.74. The van der Waals surface area contributed by atoms with Gasteiger partial charge in [0.15, 0.2) is 0 Å². The molecule has 0 saturated heterocycles. The van der Waals surface area contributed by atoms with Gasteiger partial charge in [0, 0.05) is 6.04 Å². The van der Waals surface area contributed by atoms with Gasteiger partial charge in [0.2, 0.25) is 5.88 Å². The van der Waals surface area contributed by atoms with Crippen LogP contribution in [0, 0.1) is 6.92 Å². The van der Waals surface area contributed by atoms with Crippen molar-refractivity contribution < 1.29 is 13.9 Å². The first-order chi connectivity index (χ1) is 16.0. The minimum absolute atomic E-state index is 0.00443. The lowest BCUT2D eigenvalue weighted by molar-refractivity contribution is 0.184. The van der Waals surface area contributed by atoms with Crippen LogP contribution in [-0.2, 0) is 13.1 Å². The molecule has 2 amide bonds. The summed E-state index contributed by atoms with van der Waals surface area (Å²) in [6.07, 6.45) is 1.61. The van der Waals surface area contributed by atoms with E-state index in [1.54, 1.807) is 15.8 Å². The summed E-state index contributed by atoms with van der Waals surface area (Å²) in [5.74, 6) is 1.97. The summed E-state index contributed by atoms with van der Waals surface area (Å²) in [5, 5.41) is 7.74. The molecule has 0 radical (unpaired) electrons. The van der Waals surface area contributed by atoms with Crippen molar-refractivity contribution in [3.05, 3.63) is 96.1 Å². The smallest absolute Gasteiger partial charge is 0.318 e. The maximum atomic E-state index is 13.0. The van der Waals surface area contributed by atoms with Crippen LogP contribution < -0.4 is 10.1 Å². The van der Waals surface area contributed by atoms with Crippen LogP contribution >= 0.6 is 0 Å². The van der Waals surface area contributed by atoms with E-state index in [4.69, 9.17) is 14.3 Å². The lowest BCUT2D eigenvalue weighted by Crippen LogP contribution is -2.42. The second-order valence-electron chi connectivity index (χ2n) is 8.07. The van der Waals surface area contributed by atoms with E-state index in [1.807, 2.05) is 93.6 Å². The number of para-hydroxylation sites is 2. The fourth-order valence-corrected chi connectivity index (χ4v) is 3.49. The largest absolute Gasteiger partial charge is 0.467 e. The molecule has 4 rings (SSSR count). The summed E-state index contributed by atoms with van der Waals surface area (Å²) in [6.45, 7) is 6.43. The highest BCUT2D eigenvalue weighted by Gasteiger charge is 2.24. The SMILES string of the molecule is Cc1nn(-c2ccccc2)c(Oc2ccccc2)c1CN(Cc1ccco1)C(=O)NC(C)C. The van der Waals surface area contributed by atoms with Gasteiger partial charge in [-0.1, -0.05) is 36.4 Å². The fourth-order valence-electron chi connectivity index (χ4n) is 3.49. The number of aromatic nitrogens is 2. The molecule has 2 aromatic heterocycles. The van der Waals surface area contributed by atoms with Gasteiger partial charge in [-0.05, 0) is 57.2 Å². The Morgan fingerprint density at radius 3 is 2.36 bits per heavy atom. The van der Waals surface area contributed by atoms with E-state index in [0.717, 1.165) is 16.9 Å². The first-order valence-corrected chi connectivity index (χ1v) is 11.0. The number of nitrogens with zero attached hydrogens (tertiary/aromatic N) is 3. The quantitative estimate of drug-likeness (QED) is 0.379. The highest BCUT2D eigenvalue weighted by Crippen LogP contribution is 2.32. The first-order valence-electron chi connectivity index (χ1n) is 11.0. The van der Waals surface area contributed by atoms with Crippen molar-refractivity contribution in [2.75, 3.05) is 0 Å². The van der Waals surface area contributed by atoms with Crippen molar-refractivity contribution in [3.8, 4) is 17.3 Å². The van der Waals surface area contributed by atoms with Gasteiger partial charge in [0.25, 0.3) is 0 Å². The topological polar surface area (TPSA) is 72.5 Å². The van der Waals surface area contributed by atoms with E-state index in [9.17, 15) is 4.79 Å². The highest BCUT2D eigenvalue weighted by molar-refractivity contribution is 5.74. The normalized spacial score (nSPS) is 10.9. The van der Waals surface area contributed by atoms with Gasteiger partial charge in [0.05, 0.1) is 36.3 Å². The third-order valence-electron chi connectivity index (χ3n) is 5.07. The molecule has 0 fully saturated rings. The monoisotopic (exact) mass is 444 g/mol. The molecule has 170 valence electrons. The van der Waals surface area contributed by atoms with E-state index in [1.165, 1.54) is 0 Å². The fraction of sp³-hybridized carbons (Fsp3) is 0.231. The summed E-state index contributed by atoms with van der Waals surface area (Å²) < 4.78 is 13.6. The van der Waals surface area contributed by atoms with Crippen molar-refractivity contribution in [3.63, 3.8) is 0 Å². The molecular formula is C26H28N4O3. The summed E-state index contributed by atoms with van der Waals surface area (Å²) in [5.41, 5.74) is 2.49. The van der Waals surface area contributed by atoms with Crippen LogP contribution in [0.4, 0.5) is 4.79 Å². The van der Waals surface area contributed by atoms with E-state index in [0.29, 0.717) is 30.5 Å². The summed E-state index contributed by atoms with van der Waals surface area (Å²) >= 11 is 0. The number of benzene rings is 2. The van der Waals surface area contributed by atoms with Crippen molar-refractivity contribution in [2.45, 2.75) is 39.9 Å². The summed E-state index contributed by atoms with van der Waals surface area (Å²) in [4.78, 5) is 14.8. The van der Waals surface area contributed by atoms with E-state index in [-0.39, 0.29) is 12.1 Å². The van der Waals surface area contributed by atoms with Gasteiger partial charge in [-0.2, -0.15) is 5.10 Å². The van der Waals surface area contributed by atoms with Crippen molar-refractivity contribution in [1.29, 1.82) is 0 Å². The molecule has 1 N–H and O–H groups in total. The number of urea groups is 1. The number of nitrogens with one attached hydrogen (secondary N) is 1. The third kappa shape index (κ3) is 5.44. The van der Waals surface area contributed by atoms with Crippen LogP contribution in [0.1, 0.15) is 30.9 Å². The molecule has 0 aliphatic carbocycles. The predicted molar refractivity (Wildman–Crippen MR) is 126 cm³/mol. The van der Waals surface area contributed by atoms with Crippen molar-refractivity contribution in [1.82, 2.24) is 20.0 Å². The number of carbonyl (C=O) groups excluding carboxylic acids is 1. The average molecular weight is 445 g/mol. The lowest BCUT2D eigenvalue weighted by atomic mass is 10.2. The Kier molecular flexibility index (Phi) is 6.78. The van der Waals surface area contributed by atoms with E-state index in [2.05, 4.69) is 5.32 Å². The molecule has 0 saturated carbocycles. The van der Waals surface area contributed by atoms with Gasteiger partial charge in [-0.3, -0.25) is 0 Å². The Morgan fingerprint density at radius 2 is 1.73 bits per heavy atom. The number of rotatable bonds is 8. The molecular weight excluding hydrogens is 416 g/mol. The number of aryl methyl sites for hydroxylation is 1. The van der Waals surface area contributed by atoms with Gasteiger partial charge in [0.1, 0.15) is 11.5 Å². The van der Waals surface area contributed by atoms with Crippen LogP contribution in [0.3, 0.4) is 0 Å². The molecule has 0 unspecified atom stereocenters. The molecule has 0 spiro atoms. The van der Waals surface area contributed by atoms with Crippen LogP contribution in [0.5, 0.6) is 11.6 Å². The van der Waals surface area contributed by atoms with Crippen LogP contribution in [0.15, 0.2) is 83.5 Å². The zero-order chi connectivity index (χ0) is 23.2. The van der Waals surface area contributed by atoms with Gasteiger partial charge >= 0.3 is 6.03 Å². The van der Waals surface area contributed by atoms with Crippen molar-refractivity contribution >= 4 is 6.03 Å². The lowest BCUT2D eigenvalue weighted by Gasteiger charge is -2.24. The highest BCUT2D eigenvalue weighted by atomic mass is 16.5. The molecule has 0 bridgehead atoms. The maximum Gasteiger partial charge on any atom is 0.318 e. The van der Waals surface area contributed by atoms with Crippen molar-refractivity contribution in [2.24, 2.45) is 0 Å². The van der Waals surface area contributed by atoms with Gasteiger partial charge in [-0.15, -0.1) is 0 Å². The van der Waals surface area contributed by atoms with Gasteiger partial charge < -0.3 is 19.4 Å². The standard InChI is InChI=1S/C26H28N4O3/c1-19(2)27-26(31)29(17-23-15-10-16-32-23)18-24-20(3)28-30(21-11-6-4-7-12-21)25(24)33-22-13-8-5-9-14-22/h4-16,19H,17-18H2,1-3H3,(H,27,31). The zero-order valence-corrected chi connectivity index (χ0v) is 19.1. The minimum Gasteiger partial charge on any atom is -0.467 e. The minimum atomic E-state index is -0.182. The first kappa shape index (κ1) is 22.2. The second kappa shape index (κ2) is 10.1. The molecule has 0 aliphatic heterocycles. The van der Waals surface area contributed by atoms with E-state index < -0.39 is 0 Å².